The number of halogens is 1. The normalized spacial score (nSPS) is 10.6. The van der Waals surface area contributed by atoms with Crippen molar-refractivity contribution in [3.8, 4) is 0 Å². The maximum absolute atomic E-state index is 10.9. The third-order valence-electron chi connectivity index (χ3n) is 2.70. The Kier molecular flexibility index (Phi) is 4.16. The van der Waals surface area contributed by atoms with E-state index in [0.717, 1.165) is 11.8 Å². The number of fused-ring (bicyclic) bond motifs is 1. The minimum Gasteiger partial charge on any atom is -0.480 e. The van der Waals surface area contributed by atoms with E-state index in [1.54, 1.807) is 17.0 Å². The molecule has 2 rings (SSSR count). The average Bonchev–Trinajstić information content (AvgIpc) is 2.36. The van der Waals surface area contributed by atoms with E-state index in [1.165, 1.54) is 6.33 Å². The summed E-state index contributed by atoms with van der Waals surface area (Å²) in [5.41, 5.74) is 0.712. The molecule has 100 valence electrons. The molecule has 0 aliphatic carbocycles. The largest absolute Gasteiger partial charge is 0.480 e. The van der Waals surface area contributed by atoms with Gasteiger partial charge in [-0.3, -0.25) is 4.79 Å². The van der Waals surface area contributed by atoms with Gasteiger partial charge >= 0.3 is 5.97 Å². The van der Waals surface area contributed by atoms with Gasteiger partial charge in [0.2, 0.25) is 0 Å². The van der Waals surface area contributed by atoms with E-state index in [1.807, 2.05) is 13.0 Å². The van der Waals surface area contributed by atoms with Gasteiger partial charge in [0.05, 0.1) is 5.52 Å². The van der Waals surface area contributed by atoms with Crippen molar-refractivity contribution >= 4 is 34.3 Å². The van der Waals surface area contributed by atoms with Crippen LogP contribution in [0.4, 0.5) is 5.82 Å². The summed E-state index contributed by atoms with van der Waals surface area (Å²) in [4.78, 5) is 21.0. The fourth-order valence-electron chi connectivity index (χ4n) is 1.96. The van der Waals surface area contributed by atoms with Gasteiger partial charge in [0.25, 0.3) is 0 Å². The minimum absolute atomic E-state index is 0.0808. The molecule has 0 saturated carbocycles. The van der Waals surface area contributed by atoms with Crippen LogP contribution in [-0.2, 0) is 4.79 Å². The molecule has 19 heavy (non-hydrogen) atoms. The van der Waals surface area contributed by atoms with Crippen molar-refractivity contribution in [1.29, 1.82) is 0 Å². The van der Waals surface area contributed by atoms with Crippen LogP contribution in [0.2, 0.25) is 5.02 Å². The summed E-state index contributed by atoms with van der Waals surface area (Å²) in [7, 11) is 0. The Morgan fingerprint density at radius 2 is 2.21 bits per heavy atom. The molecule has 0 atom stereocenters. The predicted octanol–water partition coefficient (Wildman–Crippen LogP) is 2.58. The van der Waals surface area contributed by atoms with Crippen LogP contribution in [0.3, 0.4) is 0 Å². The van der Waals surface area contributed by atoms with E-state index in [2.05, 4.69) is 9.97 Å². The Morgan fingerprint density at radius 1 is 1.42 bits per heavy atom. The highest BCUT2D eigenvalue weighted by molar-refractivity contribution is 6.31. The maximum atomic E-state index is 10.9. The smallest absolute Gasteiger partial charge is 0.323 e. The zero-order valence-corrected chi connectivity index (χ0v) is 11.3. The Hall–Kier alpha value is -1.88. The van der Waals surface area contributed by atoms with Crippen LogP contribution < -0.4 is 4.90 Å². The summed E-state index contributed by atoms with van der Waals surface area (Å²) in [6.07, 6.45) is 2.27. The molecule has 0 aliphatic heterocycles. The van der Waals surface area contributed by atoms with Gasteiger partial charge in [0.15, 0.2) is 0 Å². The Labute approximate surface area is 115 Å². The molecule has 6 heteroatoms. The first-order chi connectivity index (χ1) is 9.11. The average molecular weight is 280 g/mol. The first-order valence-corrected chi connectivity index (χ1v) is 6.36. The molecule has 1 aromatic heterocycles. The van der Waals surface area contributed by atoms with Gasteiger partial charge in [0, 0.05) is 17.0 Å². The highest BCUT2D eigenvalue weighted by atomic mass is 35.5. The Balaban J connectivity index is 2.49. The third kappa shape index (κ3) is 3.12. The van der Waals surface area contributed by atoms with E-state index >= 15 is 0 Å². The SMILES string of the molecule is CCCN(CC(=O)O)c1ncnc2cc(Cl)ccc12. The van der Waals surface area contributed by atoms with Crippen molar-refractivity contribution in [3.63, 3.8) is 0 Å². The number of aliphatic carboxylic acids is 1. The molecule has 0 saturated heterocycles. The lowest BCUT2D eigenvalue weighted by Gasteiger charge is -2.22. The van der Waals surface area contributed by atoms with E-state index in [0.29, 0.717) is 22.9 Å². The monoisotopic (exact) mass is 279 g/mol. The van der Waals surface area contributed by atoms with Crippen molar-refractivity contribution in [2.24, 2.45) is 0 Å². The summed E-state index contributed by atoms with van der Waals surface area (Å²) >= 11 is 5.93. The van der Waals surface area contributed by atoms with Crippen LogP contribution in [0.5, 0.6) is 0 Å². The number of carboxylic acid groups (broad SMARTS) is 1. The summed E-state index contributed by atoms with van der Waals surface area (Å²) in [6, 6.07) is 5.31. The molecule has 2 aromatic rings. The van der Waals surface area contributed by atoms with E-state index in [4.69, 9.17) is 16.7 Å². The summed E-state index contributed by atoms with van der Waals surface area (Å²) in [5.74, 6) is -0.250. The lowest BCUT2D eigenvalue weighted by Crippen LogP contribution is -2.31. The number of aromatic nitrogens is 2. The molecule has 0 bridgehead atoms. The van der Waals surface area contributed by atoms with E-state index in [9.17, 15) is 4.79 Å². The second kappa shape index (κ2) is 5.84. The second-order valence-electron chi connectivity index (χ2n) is 4.17. The zero-order chi connectivity index (χ0) is 13.8. The predicted molar refractivity (Wildman–Crippen MR) is 74.7 cm³/mol. The molecule has 0 spiro atoms. The molecule has 0 fully saturated rings. The van der Waals surface area contributed by atoms with Gasteiger partial charge in [-0.05, 0) is 24.6 Å². The van der Waals surface area contributed by atoms with Crippen LogP contribution >= 0.6 is 11.6 Å². The summed E-state index contributed by atoms with van der Waals surface area (Å²) in [6.45, 7) is 2.54. The van der Waals surface area contributed by atoms with Gasteiger partial charge in [-0.15, -0.1) is 0 Å². The molecule has 0 aliphatic rings. The van der Waals surface area contributed by atoms with Gasteiger partial charge in [-0.2, -0.15) is 0 Å². The highest BCUT2D eigenvalue weighted by Gasteiger charge is 2.14. The molecule has 1 heterocycles. The molecule has 0 amide bonds. The number of benzene rings is 1. The van der Waals surface area contributed by atoms with Crippen molar-refractivity contribution in [1.82, 2.24) is 9.97 Å². The number of hydrogen-bond donors (Lipinski definition) is 1. The first kappa shape index (κ1) is 13.5. The minimum atomic E-state index is -0.880. The number of carbonyl (C=O) groups is 1. The van der Waals surface area contributed by atoms with Crippen LogP contribution in [0.1, 0.15) is 13.3 Å². The molecule has 0 radical (unpaired) electrons. The molecular weight excluding hydrogens is 266 g/mol. The van der Waals surface area contributed by atoms with E-state index < -0.39 is 5.97 Å². The summed E-state index contributed by atoms with van der Waals surface area (Å²) in [5, 5.41) is 10.4. The Bertz CT molecular complexity index is 603. The lowest BCUT2D eigenvalue weighted by molar-refractivity contribution is -0.135. The van der Waals surface area contributed by atoms with Crippen LogP contribution in [0, 0.1) is 0 Å². The first-order valence-electron chi connectivity index (χ1n) is 5.99. The van der Waals surface area contributed by atoms with Crippen molar-refractivity contribution < 1.29 is 9.90 Å². The van der Waals surface area contributed by atoms with Crippen LogP contribution in [0.15, 0.2) is 24.5 Å². The van der Waals surface area contributed by atoms with Gasteiger partial charge in [-0.1, -0.05) is 18.5 Å². The molecule has 5 nitrogen and oxygen atoms in total. The van der Waals surface area contributed by atoms with Gasteiger partial charge in [0.1, 0.15) is 18.7 Å². The zero-order valence-electron chi connectivity index (χ0n) is 10.5. The van der Waals surface area contributed by atoms with E-state index in [-0.39, 0.29) is 6.54 Å². The fraction of sp³-hybridized carbons (Fsp3) is 0.308. The topological polar surface area (TPSA) is 66.3 Å². The molecular formula is C13H14ClN3O2. The standard InChI is InChI=1S/C13H14ClN3O2/c1-2-5-17(7-12(18)19)13-10-4-3-9(14)6-11(10)15-8-16-13/h3-4,6,8H,2,5,7H2,1H3,(H,18,19). The molecule has 1 aromatic carbocycles. The highest BCUT2D eigenvalue weighted by Crippen LogP contribution is 2.25. The van der Waals surface area contributed by atoms with Gasteiger partial charge < -0.3 is 10.0 Å². The van der Waals surface area contributed by atoms with Crippen LogP contribution in [0.25, 0.3) is 10.9 Å². The number of rotatable bonds is 5. The third-order valence-corrected chi connectivity index (χ3v) is 2.93. The molecule has 1 N–H and O–H groups in total. The van der Waals surface area contributed by atoms with Crippen molar-refractivity contribution in [2.75, 3.05) is 18.0 Å². The number of anilines is 1. The number of hydrogen-bond acceptors (Lipinski definition) is 4. The molecule has 0 unspecified atom stereocenters. The quantitative estimate of drug-likeness (QED) is 0.911. The van der Waals surface area contributed by atoms with Gasteiger partial charge in [-0.25, -0.2) is 9.97 Å². The maximum Gasteiger partial charge on any atom is 0.323 e. The number of nitrogens with zero attached hydrogens (tertiary/aromatic N) is 3. The van der Waals surface area contributed by atoms with Crippen LogP contribution in [-0.4, -0.2) is 34.1 Å². The number of carboxylic acids is 1. The van der Waals surface area contributed by atoms with Crippen molar-refractivity contribution in [2.45, 2.75) is 13.3 Å². The lowest BCUT2D eigenvalue weighted by atomic mass is 10.2. The summed E-state index contributed by atoms with van der Waals surface area (Å²) < 4.78 is 0. The van der Waals surface area contributed by atoms with Crippen molar-refractivity contribution in [3.05, 3.63) is 29.5 Å². The Morgan fingerprint density at radius 3 is 2.89 bits per heavy atom. The second-order valence-corrected chi connectivity index (χ2v) is 4.61. The fourth-order valence-corrected chi connectivity index (χ4v) is 2.13.